The molecule has 0 atom stereocenters. The van der Waals surface area contributed by atoms with Gasteiger partial charge in [-0.2, -0.15) is 5.10 Å². The molecule has 0 unspecified atom stereocenters. The second-order valence-electron chi connectivity index (χ2n) is 4.26. The van der Waals surface area contributed by atoms with Crippen LogP contribution in [0.3, 0.4) is 0 Å². The highest BCUT2D eigenvalue weighted by Crippen LogP contribution is 2.07. The number of ether oxygens (including phenoxy) is 1. The molecule has 0 saturated carbocycles. The lowest BCUT2D eigenvalue weighted by Gasteiger charge is -2.03. The van der Waals surface area contributed by atoms with Crippen molar-refractivity contribution >= 4 is 18.0 Å². The van der Waals surface area contributed by atoms with Gasteiger partial charge in [-0.05, 0) is 36.2 Å². The Morgan fingerprint density at radius 1 is 1.29 bits per heavy atom. The molecule has 0 spiro atoms. The zero-order valence-electron chi connectivity index (χ0n) is 11.8. The lowest BCUT2D eigenvalue weighted by molar-refractivity contribution is -0.129. The van der Waals surface area contributed by atoms with Gasteiger partial charge in [0, 0.05) is 20.3 Å². The van der Waals surface area contributed by atoms with Crippen LogP contribution in [0.2, 0.25) is 0 Å². The number of rotatable bonds is 8. The zero-order chi connectivity index (χ0) is 15.5. The van der Waals surface area contributed by atoms with Gasteiger partial charge in [0.15, 0.2) is 0 Å². The van der Waals surface area contributed by atoms with E-state index < -0.39 is 5.91 Å². The van der Waals surface area contributed by atoms with E-state index in [1.165, 1.54) is 18.3 Å². The van der Waals surface area contributed by atoms with Crippen LogP contribution in [0.25, 0.3) is 0 Å². The Labute approximate surface area is 123 Å². The third kappa shape index (κ3) is 7.68. The van der Waals surface area contributed by atoms with Crippen LogP contribution in [-0.4, -0.2) is 43.4 Å². The molecule has 0 saturated heterocycles. The molecule has 114 valence electrons. The third-order valence-electron chi connectivity index (χ3n) is 2.46. The lowest BCUT2D eigenvalue weighted by atomic mass is 10.2. The number of methoxy groups -OCH3 is 1. The highest BCUT2D eigenvalue weighted by molar-refractivity contribution is 5.97. The molecule has 2 amide bonds. The molecular weight excluding hydrogens is 274 g/mol. The highest BCUT2D eigenvalue weighted by Gasteiger charge is 2.07. The van der Waals surface area contributed by atoms with Crippen molar-refractivity contribution in [2.75, 3.05) is 20.3 Å². The average molecular weight is 293 g/mol. The molecule has 0 aromatic heterocycles. The summed E-state index contributed by atoms with van der Waals surface area (Å²) in [6, 6.07) is 6.31. The van der Waals surface area contributed by atoms with Gasteiger partial charge in [0.2, 0.25) is 11.8 Å². The molecule has 21 heavy (non-hydrogen) atoms. The summed E-state index contributed by atoms with van der Waals surface area (Å²) in [5.74, 6) is -0.695. The first kappa shape index (κ1) is 16.6. The normalized spacial score (nSPS) is 10.5. The molecule has 0 aliphatic rings. The van der Waals surface area contributed by atoms with Crippen LogP contribution < -0.4 is 10.7 Å². The predicted octanol–water partition coefficient (Wildman–Crippen LogP) is 0.385. The standard InChI is InChI=1S/C14H19N3O4/c1-21-8-2-7-15-13(19)9-14(20)17-16-10-11-3-5-12(18)6-4-11/h3-6,10,18H,2,7-9H2,1H3,(H,15,19)(H,17,20)/b16-10+. The number of phenols is 1. The number of nitrogens with one attached hydrogen (secondary N) is 2. The maximum absolute atomic E-state index is 11.4. The third-order valence-corrected chi connectivity index (χ3v) is 2.46. The minimum Gasteiger partial charge on any atom is -0.508 e. The molecule has 0 bridgehead atoms. The molecule has 1 aromatic carbocycles. The highest BCUT2D eigenvalue weighted by atomic mass is 16.5. The van der Waals surface area contributed by atoms with E-state index in [4.69, 9.17) is 9.84 Å². The lowest BCUT2D eigenvalue weighted by Crippen LogP contribution is -2.30. The molecule has 0 heterocycles. The van der Waals surface area contributed by atoms with Gasteiger partial charge >= 0.3 is 0 Å². The number of hydrogen-bond acceptors (Lipinski definition) is 5. The fourth-order valence-electron chi connectivity index (χ4n) is 1.43. The fraction of sp³-hybridized carbons (Fsp3) is 0.357. The van der Waals surface area contributed by atoms with Crippen molar-refractivity contribution in [3.05, 3.63) is 29.8 Å². The number of hydrazone groups is 1. The number of phenolic OH excluding ortho intramolecular Hbond substituents is 1. The van der Waals surface area contributed by atoms with Gasteiger partial charge in [-0.3, -0.25) is 9.59 Å². The van der Waals surface area contributed by atoms with Gasteiger partial charge in [0.1, 0.15) is 12.2 Å². The summed E-state index contributed by atoms with van der Waals surface area (Å²) >= 11 is 0. The molecule has 3 N–H and O–H groups in total. The minimum atomic E-state index is -0.491. The maximum atomic E-state index is 11.4. The predicted molar refractivity (Wildman–Crippen MR) is 78.0 cm³/mol. The van der Waals surface area contributed by atoms with E-state index in [0.29, 0.717) is 19.6 Å². The fourth-order valence-corrected chi connectivity index (χ4v) is 1.43. The van der Waals surface area contributed by atoms with E-state index in [2.05, 4.69) is 15.8 Å². The number of hydrogen-bond donors (Lipinski definition) is 3. The van der Waals surface area contributed by atoms with Crippen LogP contribution in [0.15, 0.2) is 29.4 Å². The van der Waals surface area contributed by atoms with Gasteiger partial charge in [-0.25, -0.2) is 5.43 Å². The second-order valence-corrected chi connectivity index (χ2v) is 4.26. The average Bonchev–Trinajstić information content (AvgIpc) is 2.46. The first-order chi connectivity index (χ1) is 10.1. The van der Waals surface area contributed by atoms with Crippen LogP contribution >= 0.6 is 0 Å². The first-order valence-electron chi connectivity index (χ1n) is 6.48. The van der Waals surface area contributed by atoms with Crippen molar-refractivity contribution in [2.45, 2.75) is 12.8 Å². The van der Waals surface area contributed by atoms with Crippen molar-refractivity contribution in [1.82, 2.24) is 10.7 Å². The Balaban J connectivity index is 2.24. The number of carbonyl (C=O) groups is 2. The molecule has 0 fully saturated rings. The van der Waals surface area contributed by atoms with Crippen molar-refractivity contribution in [3.8, 4) is 5.75 Å². The zero-order valence-corrected chi connectivity index (χ0v) is 11.8. The van der Waals surface area contributed by atoms with E-state index in [9.17, 15) is 9.59 Å². The quantitative estimate of drug-likeness (QED) is 0.279. The molecule has 1 aromatic rings. The summed E-state index contributed by atoms with van der Waals surface area (Å²) in [7, 11) is 1.58. The number of carbonyl (C=O) groups excluding carboxylic acids is 2. The summed E-state index contributed by atoms with van der Waals surface area (Å²) < 4.78 is 4.84. The van der Waals surface area contributed by atoms with Crippen molar-refractivity contribution in [2.24, 2.45) is 5.10 Å². The van der Waals surface area contributed by atoms with Crippen molar-refractivity contribution in [1.29, 1.82) is 0 Å². The number of nitrogens with zero attached hydrogens (tertiary/aromatic N) is 1. The second kappa shape index (κ2) is 9.49. The summed E-state index contributed by atoms with van der Waals surface area (Å²) in [5, 5.41) is 15.4. The van der Waals surface area contributed by atoms with Gasteiger partial charge in [0.05, 0.1) is 6.21 Å². The van der Waals surface area contributed by atoms with Crippen LogP contribution in [0.1, 0.15) is 18.4 Å². The molecule has 0 radical (unpaired) electrons. The molecule has 1 rings (SSSR count). The Bertz CT molecular complexity index is 485. The van der Waals surface area contributed by atoms with Crippen LogP contribution in [-0.2, 0) is 14.3 Å². The number of amides is 2. The van der Waals surface area contributed by atoms with E-state index in [0.717, 1.165) is 5.56 Å². The van der Waals surface area contributed by atoms with E-state index in [1.54, 1.807) is 19.2 Å². The van der Waals surface area contributed by atoms with Crippen LogP contribution in [0, 0.1) is 0 Å². The molecule has 7 heteroatoms. The SMILES string of the molecule is COCCCNC(=O)CC(=O)N/N=C/c1ccc(O)cc1. The summed E-state index contributed by atoms with van der Waals surface area (Å²) in [6.07, 6.45) is 1.84. The number of aromatic hydroxyl groups is 1. The van der Waals surface area contributed by atoms with Gasteiger partial charge in [0.25, 0.3) is 0 Å². The Hall–Kier alpha value is -2.41. The van der Waals surface area contributed by atoms with Gasteiger partial charge in [-0.1, -0.05) is 0 Å². The van der Waals surface area contributed by atoms with E-state index in [1.807, 2.05) is 0 Å². The maximum Gasteiger partial charge on any atom is 0.249 e. The van der Waals surface area contributed by atoms with E-state index >= 15 is 0 Å². The summed E-state index contributed by atoms with van der Waals surface area (Å²) in [5.41, 5.74) is 2.98. The van der Waals surface area contributed by atoms with Crippen molar-refractivity contribution in [3.63, 3.8) is 0 Å². The van der Waals surface area contributed by atoms with Crippen LogP contribution in [0.5, 0.6) is 5.75 Å². The Morgan fingerprint density at radius 3 is 2.67 bits per heavy atom. The number of benzene rings is 1. The molecule has 0 aliphatic heterocycles. The van der Waals surface area contributed by atoms with Gasteiger partial charge < -0.3 is 15.2 Å². The Morgan fingerprint density at radius 2 is 2.00 bits per heavy atom. The summed E-state index contributed by atoms with van der Waals surface area (Å²) in [4.78, 5) is 22.8. The van der Waals surface area contributed by atoms with Gasteiger partial charge in [-0.15, -0.1) is 0 Å². The Kier molecular flexibility index (Phi) is 7.52. The first-order valence-corrected chi connectivity index (χ1v) is 6.48. The summed E-state index contributed by atoms with van der Waals surface area (Å²) in [6.45, 7) is 1.03. The topological polar surface area (TPSA) is 100 Å². The largest absolute Gasteiger partial charge is 0.508 e. The monoisotopic (exact) mass is 293 g/mol. The smallest absolute Gasteiger partial charge is 0.249 e. The molecule has 7 nitrogen and oxygen atoms in total. The molecule has 0 aliphatic carbocycles. The minimum absolute atomic E-state index is 0.154. The molecular formula is C14H19N3O4. The van der Waals surface area contributed by atoms with Crippen LogP contribution in [0.4, 0.5) is 0 Å². The van der Waals surface area contributed by atoms with E-state index in [-0.39, 0.29) is 18.1 Å². The van der Waals surface area contributed by atoms with Crippen molar-refractivity contribution < 1.29 is 19.4 Å².